The van der Waals surface area contributed by atoms with Crippen LogP contribution in [0.25, 0.3) is 0 Å². The van der Waals surface area contributed by atoms with E-state index in [9.17, 15) is 0 Å². The summed E-state index contributed by atoms with van der Waals surface area (Å²) in [5, 5.41) is 1.28. The Bertz CT molecular complexity index is 604. The van der Waals surface area contributed by atoms with Crippen molar-refractivity contribution in [3.05, 3.63) is 61.1 Å². The maximum Gasteiger partial charge on any atom is 0.120 e. The molecule has 0 amide bonds. The molecule has 1 unspecified atom stereocenters. The van der Waals surface area contributed by atoms with Gasteiger partial charge in [0.1, 0.15) is 5.75 Å². The molecule has 2 nitrogen and oxygen atoms in total. The van der Waals surface area contributed by atoms with Gasteiger partial charge in [-0.2, -0.15) is 0 Å². The van der Waals surface area contributed by atoms with Crippen LogP contribution >= 0.6 is 45.8 Å². The molecular formula is C14H12Cl2INO. The number of nitrogens with two attached hydrogens (primary N) is 1. The molecule has 2 N–H and O–H groups in total. The van der Waals surface area contributed by atoms with E-state index in [1.807, 2.05) is 30.3 Å². The molecule has 5 heteroatoms. The minimum Gasteiger partial charge on any atom is -0.497 e. The van der Waals surface area contributed by atoms with Gasteiger partial charge < -0.3 is 10.5 Å². The average Bonchev–Trinajstić information content (AvgIpc) is 2.41. The first kappa shape index (κ1) is 14.9. The minimum atomic E-state index is -0.312. The lowest BCUT2D eigenvalue weighted by Crippen LogP contribution is -2.12. The molecule has 0 spiro atoms. The maximum atomic E-state index is 6.24. The number of methoxy groups -OCH3 is 1. The minimum absolute atomic E-state index is 0.312. The van der Waals surface area contributed by atoms with Crippen molar-refractivity contribution in [3.63, 3.8) is 0 Å². The van der Waals surface area contributed by atoms with Crippen molar-refractivity contribution in [3.8, 4) is 5.75 Å². The molecule has 0 aliphatic rings. The molecule has 0 aromatic heterocycles. The van der Waals surface area contributed by atoms with E-state index in [2.05, 4.69) is 22.6 Å². The van der Waals surface area contributed by atoms with Gasteiger partial charge in [0, 0.05) is 8.59 Å². The average molecular weight is 408 g/mol. The van der Waals surface area contributed by atoms with Gasteiger partial charge in [0.05, 0.1) is 18.2 Å². The van der Waals surface area contributed by atoms with Crippen LogP contribution in [0.4, 0.5) is 0 Å². The van der Waals surface area contributed by atoms with E-state index in [1.165, 1.54) is 0 Å². The van der Waals surface area contributed by atoms with Gasteiger partial charge in [-0.25, -0.2) is 0 Å². The van der Waals surface area contributed by atoms with Crippen molar-refractivity contribution in [2.45, 2.75) is 6.04 Å². The molecular weight excluding hydrogens is 396 g/mol. The zero-order valence-corrected chi connectivity index (χ0v) is 13.8. The summed E-state index contributed by atoms with van der Waals surface area (Å²) in [5.74, 6) is 0.710. The van der Waals surface area contributed by atoms with Crippen LogP contribution in [0.5, 0.6) is 5.75 Å². The Morgan fingerprint density at radius 2 is 1.84 bits per heavy atom. The molecule has 19 heavy (non-hydrogen) atoms. The van der Waals surface area contributed by atoms with E-state index in [4.69, 9.17) is 33.7 Å². The van der Waals surface area contributed by atoms with Gasteiger partial charge in [0.2, 0.25) is 0 Å². The highest BCUT2D eigenvalue weighted by atomic mass is 127. The van der Waals surface area contributed by atoms with Crippen LogP contribution < -0.4 is 10.5 Å². The highest BCUT2D eigenvalue weighted by Crippen LogP contribution is 2.31. The molecule has 0 saturated heterocycles. The Morgan fingerprint density at radius 1 is 1.11 bits per heavy atom. The quantitative estimate of drug-likeness (QED) is 0.751. The first-order valence-corrected chi connectivity index (χ1v) is 7.40. The fourth-order valence-corrected chi connectivity index (χ4v) is 2.59. The number of rotatable bonds is 3. The lowest BCUT2D eigenvalue weighted by molar-refractivity contribution is 0.414. The summed E-state index contributed by atoms with van der Waals surface area (Å²) in [5.41, 5.74) is 8.02. The highest BCUT2D eigenvalue weighted by Gasteiger charge is 2.14. The van der Waals surface area contributed by atoms with Gasteiger partial charge >= 0.3 is 0 Å². The molecule has 0 fully saturated rings. The summed E-state index contributed by atoms with van der Waals surface area (Å²) in [4.78, 5) is 0. The van der Waals surface area contributed by atoms with E-state index in [1.54, 1.807) is 13.2 Å². The van der Waals surface area contributed by atoms with Gasteiger partial charge in [0.25, 0.3) is 0 Å². The van der Waals surface area contributed by atoms with Crippen LogP contribution in [-0.4, -0.2) is 7.11 Å². The zero-order chi connectivity index (χ0) is 14.0. The summed E-state index contributed by atoms with van der Waals surface area (Å²) in [6, 6.07) is 10.9. The van der Waals surface area contributed by atoms with Crippen LogP contribution in [-0.2, 0) is 0 Å². The lowest BCUT2D eigenvalue weighted by Gasteiger charge is -2.15. The van der Waals surface area contributed by atoms with Gasteiger partial charge in [-0.1, -0.05) is 35.3 Å². The predicted molar refractivity (Wildman–Crippen MR) is 88.2 cm³/mol. The molecule has 2 rings (SSSR count). The molecule has 0 radical (unpaired) electrons. The second-order valence-electron chi connectivity index (χ2n) is 4.04. The van der Waals surface area contributed by atoms with Crippen molar-refractivity contribution in [2.24, 2.45) is 5.73 Å². The number of hydrogen-bond acceptors (Lipinski definition) is 2. The summed E-state index contributed by atoms with van der Waals surface area (Å²) < 4.78 is 6.12. The Hall–Kier alpha value is -0.490. The SMILES string of the molecule is COc1ccc(C(N)c2ccc(I)c(Cl)c2)c(Cl)c1. The van der Waals surface area contributed by atoms with Crippen LogP contribution in [0.3, 0.4) is 0 Å². The Morgan fingerprint density at radius 3 is 2.42 bits per heavy atom. The van der Waals surface area contributed by atoms with Gasteiger partial charge in [-0.3, -0.25) is 0 Å². The van der Waals surface area contributed by atoms with Crippen molar-refractivity contribution in [1.29, 1.82) is 0 Å². The molecule has 100 valence electrons. The fourth-order valence-electron chi connectivity index (χ4n) is 1.77. The van der Waals surface area contributed by atoms with Crippen molar-refractivity contribution < 1.29 is 4.74 Å². The second-order valence-corrected chi connectivity index (χ2v) is 6.02. The summed E-state index contributed by atoms with van der Waals surface area (Å²) in [7, 11) is 1.60. The van der Waals surface area contributed by atoms with Crippen LogP contribution in [0, 0.1) is 3.57 Å². The van der Waals surface area contributed by atoms with Crippen molar-refractivity contribution in [2.75, 3.05) is 7.11 Å². The van der Waals surface area contributed by atoms with Gasteiger partial charge in [-0.05, 0) is 58.0 Å². The van der Waals surface area contributed by atoms with Crippen LogP contribution in [0.1, 0.15) is 17.2 Å². The Balaban J connectivity index is 2.38. The van der Waals surface area contributed by atoms with E-state index in [0.717, 1.165) is 14.7 Å². The lowest BCUT2D eigenvalue weighted by atomic mass is 9.99. The maximum absolute atomic E-state index is 6.24. The number of ether oxygens (including phenoxy) is 1. The first-order valence-electron chi connectivity index (χ1n) is 5.57. The smallest absolute Gasteiger partial charge is 0.120 e. The summed E-state index contributed by atoms with van der Waals surface area (Å²) >= 11 is 14.5. The van der Waals surface area contributed by atoms with E-state index in [-0.39, 0.29) is 6.04 Å². The van der Waals surface area contributed by atoms with Gasteiger partial charge in [-0.15, -0.1) is 0 Å². The molecule has 0 aliphatic heterocycles. The van der Waals surface area contributed by atoms with Crippen molar-refractivity contribution >= 4 is 45.8 Å². The third kappa shape index (κ3) is 3.34. The Labute approximate surface area is 136 Å². The molecule has 0 bridgehead atoms. The molecule has 2 aromatic carbocycles. The van der Waals surface area contributed by atoms with Crippen molar-refractivity contribution in [1.82, 2.24) is 0 Å². The predicted octanol–water partition coefficient (Wildman–Crippen LogP) is 4.65. The van der Waals surface area contributed by atoms with Crippen LogP contribution in [0.2, 0.25) is 10.0 Å². The monoisotopic (exact) mass is 407 g/mol. The molecule has 1 atom stereocenters. The molecule has 0 aliphatic carbocycles. The molecule has 0 heterocycles. The molecule has 0 saturated carbocycles. The zero-order valence-electron chi connectivity index (χ0n) is 10.2. The van der Waals surface area contributed by atoms with E-state index < -0.39 is 0 Å². The standard InChI is InChI=1S/C14H12Cl2INO/c1-19-9-3-4-10(11(15)7-9)14(18)8-2-5-13(17)12(16)6-8/h2-7,14H,18H2,1H3. The van der Waals surface area contributed by atoms with E-state index >= 15 is 0 Å². The second kappa shape index (κ2) is 6.31. The number of benzene rings is 2. The fraction of sp³-hybridized carbons (Fsp3) is 0.143. The molecule has 2 aromatic rings. The third-order valence-corrected chi connectivity index (χ3v) is 4.75. The van der Waals surface area contributed by atoms with E-state index in [0.29, 0.717) is 15.8 Å². The number of hydrogen-bond donors (Lipinski definition) is 1. The largest absolute Gasteiger partial charge is 0.497 e. The third-order valence-electron chi connectivity index (χ3n) is 2.85. The summed E-state index contributed by atoms with van der Waals surface area (Å²) in [6.07, 6.45) is 0. The number of halogens is 3. The Kier molecular flexibility index (Phi) is 4.95. The normalized spacial score (nSPS) is 12.3. The van der Waals surface area contributed by atoms with Crippen LogP contribution in [0.15, 0.2) is 36.4 Å². The first-order chi connectivity index (χ1) is 9.02. The highest BCUT2D eigenvalue weighted by molar-refractivity contribution is 14.1. The summed E-state index contributed by atoms with van der Waals surface area (Å²) in [6.45, 7) is 0. The van der Waals surface area contributed by atoms with Gasteiger partial charge in [0.15, 0.2) is 0 Å². The topological polar surface area (TPSA) is 35.2 Å².